The van der Waals surface area contributed by atoms with Gasteiger partial charge in [-0.3, -0.25) is 10.1 Å². The van der Waals surface area contributed by atoms with E-state index in [1.165, 1.54) is 23.7 Å². The van der Waals surface area contributed by atoms with Crippen LogP contribution in [-0.2, 0) is 6.18 Å². The third-order valence-corrected chi connectivity index (χ3v) is 4.27. The van der Waals surface area contributed by atoms with Crippen LogP contribution in [0.5, 0.6) is 0 Å². The van der Waals surface area contributed by atoms with E-state index in [1.807, 2.05) is 0 Å². The van der Waals surface area contributed by atoms with Crippen molar-refractivity contribution in [1.82, 2.24) is 4.98 Å². The van der Waals surface area contributed by atoms with Gasteiger partial charge in [-0.25, -0.2) is 0 Å². The average molecular weight is 337 g/mol. The number of halogens is 3. The summed E-state index contributed by atoms with van der Waals surface area (Å²) in [6, 6.07) is 5.51. The zero-order chi connectivity index (χ0) is 16.8. The lowest BCUT2D eigenvalue weighted by Crippen LogP contribution is -2.03. The molecule has 2 aromatic heterocycles. The minimum Gasteiger partial charge on any atom is -0.355 e. The molecule has 9 heteroatoms. The molecule has 1 aromatic carbocycles. The smallest absolute Gasteiger partial charge is 0.355 e. The Labute approximate surface area is 130 Å². The van der Waals surface area contributed by atoms with E-state index in [4.69, 9.17) is 5.26 Å². The van der Waals surface area contributed by atoms with Crippen molar-refractivity contribution in [3.63, 3.8) is 0 Å². The highest BCUT2D eigenvalue weighted by atomic mass is 32.1. The number of hydrogen-bond donors (Lipinski definition) is 1. The minimum atomic E-state index is -4.52. The maximum Gasteiger partial charge on any atom is 0.426 e. The fraction of sp³-hybridized carbons (Fsp3) is 0.0714. The van der Waals surface area contributed by atoms with Gasteiger partial charge in [0, 0.05) is 28.8 Å². The number of nitro benzene ring substituents is 1. The second kappa shape index (κ2) is 5.10. The highest BCUT2D eigenvalue weighted by molar-refractivity contribution is 7.10. The number of nitro groups is 1. The third kappa shape index (κ3) is 2.43. The normalized spacial score (nSPS) is 11.6. The number of hydrogen-bond acceptors (Lipinski definition) is 4. The molecule has 0 spiro atoms. The van der Waals surface area contributed by atoms with Gasteiger partial charge in [-0.1, -0.05) is 0 Å². The standard InChI is InChI=1S/C14H6F3N3O2S/c15-14(16,17)13-8(1-2-23-13)10-6-19-12-9(10)3-7(5-18)4-11(12)20(21)22/h1-4,6,19H. The Morgan fingerprint density at radius 2 is 2.04 bits per heavy atom. The van der Waals surface area contributed by atoms with Crippen molar-refractivity contribution >= 4 is 27.9 Å². The van der Waals surface area contributed by atoms with Gasteiger partial charge in [0.2, 0.25) is 0 Å². The van der Waals surface area contributed by atoms with Crippen LogP contribution in [0.15, 0.2) is 29.8 Å². The number of thiophene rings is 1. The zero-order valence-corrected chi connectivity index (χ0v) is 12.0. The Hall–Kier alpha value is -2.86. The predicted molar refractivity (Wildman–Crippen MR) is 78.0 cm³/mol. The zero-order valence-electron chi connectivity index (χ0n) is 11.1. The maximum absolute atomic E-state index is 13.1. The summed E-state index contributed by atoms with van der Waals surface area (Å²) in [5.74, 6) is 0. The number of nitrogens with one attached hydrogen (secondary N) is 1. The van der Waals surface area contributed by atoms with E-state index < -0.39 is 16.0 Å². The first-order valence-corrected chi connectivity index (χ1v) is 7.05. The van der Waals surface area contributed by atoms with Gasteiger partial charge in [-0.15, -0.1) is 11.3 Å². The SMILES string of the molecule is N#Cc1cc([N+](=O)[O-])c2[nH]cc(-c3ccsc3C(F)(F)F)c2c1. The van der Waals surface area contributed by atoms with Crippen LogP contribution in [-0.4, -0.2) is 9.91 Å². The second-order valence-electron chi connectivity index (χ2n) is 4.65. The van der Waals surface area contributed by atoms with Crippen molar-refractivity contribution < 1.29 is 18.1 Å². The lowest BCUT2D eigenvalue weighted by Gasteiger charge is -2.07. The molecule has 0 aliphatic carbocycles. The van der Waals surface area contributed by atoms with E-state index in [0.717, 1.165) is 6.07 Å². The molecule has 1 N–H and O–H groups in total. The van der Waals surface area contributed by atoms with Crippen molar-refractivity contribution in [2.24, 2.45) is 0 Å². The Morgan fingerprint density at radius 3 is 2.65 bits per heavy atom. The van der Waals surface area contributed by atoms with Crippen molar-refractivity contribution in [3.05, 3.63) is 50.3 Å². The summed E-state index contributed by atoms with van der Waals surface area (Å²) >= 11 is 0.546. The van der Waals surface area contributed by atoms with E-state index in [-0.39, 0.29) is 33.3 Å². The number of non-ortho nitro benzene ring substituents is 1. The molecule has 0 aliphatic rings. The van der Waals surface area contributed by atoms with Crippen LogP contribution in [0.4, 0.5) is 18.9 Å². The van der Waals surface area contributed by atoms with Gasteiger partial charge < -0.3 is 4.98 Å². The summed E-state index contributed by atoms with van der Waals surface area (Å²) in [5, 5.41) is 21.6. The number of H-pyrrole nitrogens is 1. The molecule has 0 bridgehead atoms. The van der Waals surface area contributed by atoms with E-state index in [2.05, 4.69) is 4.98 Å². The molecule has 0 saturated heterocycles. The quantitative estimate of drug-likeness (QED) is 0.544. The molecule has 0 atom stereocenters. The molecule has 3 rings (SSSR count). The number of benzene rings is 1. The lowest BCUT2D eigenvalue weighted by molar-refractivity contribution is -0.383. The second-order valence-corrected chi connectivity index (χ2v) is 5.57. The van der Waals surface area contributed by atoms with Crippen LogP contribution >= 0.6 is 11.3 Å². The molecular formula is C14H6F3N3O2S. The topological polar surface area (TPSA) is 82.7 Å². The van der Waals surface area contributed by atoms with Gasteiger partial charge >= 0.3 is 6.18 Å². The highest BCUT2D eigenvalue weighted by Crippen LogP contribution is 2.43. The van der Waals surface area contributed by atoms with Gasteiger partial charge in [0.1, 0.15) is 10.4 Å². The summed E-state index contributed by atoms with van der Waals surface area (Å²) < 4.78 is 39.2. The molecule has 116 valence electrons. The molecule has 2 heterocycles. The minimum absolute atomic E-state index is 0.00818. The Bertz CT molecular complexity index is 966. The number of nitriles is 1. The molecule has 0 amide bonds. The van der Waals surface area contributed by atoms with Crippen molar-refractivity contribution in [3.8, 4) is 17.2 Å². The molecule has 0 unspecified atom stereocenters. The van der Waals surface area contributed by atoms with Crippen molar-refractivity contribution in [2.75, 3.05) is 0 Å². The molecular weight excluding hydrogens is 331 g/mol. The highest BCUT2D eigenvalue weighted by Gasteiger charge is 2.36. The molecule has 0 radical (unpaired) electrons. The van der Waals surface area contributed by atoms with Crippen LogP contribution in [0.25, 0.3) is 22.0 Å². The maximum atomic E-state index is 13.1. The molecule has 0 fully saturated rings. The first-order valence-electron chi connectivity index (χ1n) is 6.17. The summed E-state index contributed by atoms with van der Waals surface area (Å²) in [6.07, 6.45) is -3.23. The Morgan fingerprint density at radius 1 is 1.30 bits per heavy atom. The van der Waals surface area contributed by atoms with Gasteiger partial charge in [-0.2, -0.15) is 18.4 Å². The van der Waals surface area contributed by atoms with E-state index in [1.54, 1.807) is 6.07 Å². The van der Waals surface area contributed by atoms with Crippen LogP contribution in [0.1, 0.15) is 10.4 Å². The number of rotatable bonds is 2. The monoisotopic (exact) mass is 337 g/mol. The first-order chi connectivity index (χ1) is 10.8. The molecule has 0 aliphatic heterocycles. The van der Waals surface area contributed by atoms with Crippen molar-refractivity contribution in [2.45, 2.75) is 6.18 Å². The number of fused-ring (bicyclic) bond motifs is 1. The number of nitrogens with zero attached hydrogens (tertiary/aromatic N) is 2. The van der Waals surface area contributed by atoms with Gasteiger partial charge in [0.15, 0.2) is 0 Å². The Kier molecular flexibility index (Phi) is 3.34. The summed E-state index contributed by atoms with van der Waals surface area (Å²) in [6.45, 7) is 0. The fourth-order valence-corrected chi connectivity index (χ4v) is 3.16. The lowest BCUT2D eigenvalue weighted by atomic mass is 10.0. The van der Waals surface area contributed by atoms with Crippen LogP contribution in [0, 0.1) is 21.4 Å². The molecule has 5 nitrogen and oxygen atoms in total. The van der Waals surface area contributed by atoms with E-state index >= 15 is 0 Å². The van der Waals surface area contributed by atoms with Crippen LogP contribution in [0.2, 0.25) is 0 Å². The number of aromatic nitrogens is 1. The van der Waals surface area contributed by atoms with Gasteiger partial charge in [0.05, 0.1) is 16.6 Å². The fourth-order valence-electron chi connectivity index (χ4n) is 2.39. The first kappa shape index (κ1) is 15.1. The molecule has 0 saturated carbocycles. The average Bonchev–Trinajstić information content (AvgIpc) is 3.11. The summed E-state index contributed by atoms with van der Waals surface area (Å²) in [4.78, 5) is 12.3. The molecule has 23 heavy (non-hydrogen) atoms. The predicted octanol–water partition coefficient (Wildman–Crippen LogP) is 4.70. The van der Waals surface area contributed by atoms with E-state index in [9.17, 15) is 23.3 Å². The largest absolute Gasteiger partial charge is 0.426 e. The van der Waals surface area contributed by atoms with Crippen LogP contribution < -0.4 is 0 Å². The summed E-state index contributed by atoms with van der Waals surface area (Å²) in [5.41, 5.74) is -0.154. The van der Waals surface area contributed by atoms with Gasteiger partial charge in [0.25, 0.3) is 5.69 Å². The van der Waals surface area contributed by atoms with Crippen molar-refractivity contribution in [1.29, 1.82) is 5.26 Å². The molecule has 3 aromatic rings. The van der Waals surface area contributed by atoms with Gasteiger partial charge in [-0.05, 0) is 17.5 Å². The number of alkyl halides is 3. The van der Waals surface area contributed by atoms with Crippen LogP contribution in [0.3, 0.4) is 0 Å². The number of aromatic amines is 1. The van der Waals surface area contributed by atoms with E-state index in [0.29, 0.717) is 11.3 Å². The third-order valence-electron chi connectivity index (χ3n) is 3.31. The summed E-state index contributed by atoms with van der Waals surface area (Å²) in [7, 11) is 0. The Balaban J connectivity index is 2.33.